The van der Waals surface area contributed by atoms with Crippen molar-refractivity contribution in [3.05, 3.63) is 65.7 Å². The van der Waals surface area contributed by atoms with Crippen LogP contribution in [-0.2, 0) is 16.1 Å². The third kappa shape index (κ3) is 4.69. The van der Waals surface area contributed by atoms with E-state index in [2.05, 4.69) is 4.98 Å². The normalized spacial score (nSPS) is 14.0. The molecule has 1 fully saturated rings. The first kappa shape index (κ1) is 21.3. The van der Waals surface area contributed by atoms with Gasteiger partial charge in [0.25, 0.3) is 0 Å². The quantitative estimate of drug-likeness (QED) is 0.573. The van der Waals surface area contributed by atoms with Gasteiger partial charge in [-0.05, 0) is 55.7 Å². The maximum absolute atomic E-state index is 12.5. The Morgan fingerprint density at radius 2 is 1.78 bits per heavy atom. The Balaban J connectivity index is 1.57. The van der Waals surface area contributed by atoms with E-state index in [1.54, 1.807) is 18.2 Å². The molecule has 1 amide bonds. The van der Waals surface area contributed by atoms with Gasteiger partial charge in [-0.25, -0.2) is 19.4 Å². The zero-order chi connectivity index (χ0) is 22.8. The smallest absolute Gasteiger partial charge is 0.411 e. The Hall–Kier alpha value is -3.94. The van der Waals surface area contributed by atoms with E-state index in [9.17, 15) is 19.5 Å². The minimum Gasteiger partial charge on any atom is -0.480 e. The van der Waals surface area contributed by atoms with Crippen LogP contribution in [-0.4, -0.2) is 50.3 Å². The lowest BCUT2D eigenvalue weighted by molar-refractivity contribution is -0.142. The second kappa shape index (κ2) is 8.66. The molecule has 0 bridgehead atoms. The summed E-state index contributed by atoms with van der Waals surface area (Å²) in [6.07, 6.45) is 0.879. The molecule has 3 aromatic rings. The number of nitrogens with zero attached hydrogens (tertiary/aromatic N) is 2. The fourth-order valence-electron chi connectivity index (χ4n) is 3.30. The van der Waals surface area contributed by atoms with Gasteiger partial charge in [-0.2, -0.15) is 0 Å². The molecule has 1 aromatic heterocycles. The van der Waals surface area contributed by atoms with E-state index >= 15 is 0 Å². The number of aromatic carboxylic acids is 1. The van der Waals surface area contributed by atoms with Crippen molar-refractivity contribution in [3.63, 3.8) is 0 Å². The number of hydrogen-bond donors (Lipinski definition) is 2. The van der Waals surface area contributed by atoms with Gasteiger partial charge in [0.2, 0.25) is 0 Å². The molecule has 0 saturated heterocycles. The number of carboxylic acid groups (broad SMARTS) is 2. The molecule has 1 saturated carbocycles. The van der Waals surface area contributed by atoms with Crippen molar-refractivity contribution in [1.82, 2.24) is 9.88 Å². The summed E-state index contributed by atoms with van der Waals surface area (Å²) in [5.74, 6) is -2.08. The minimum absolute atomic E-state index is 0.105. The van der Waals surface area contributed by atoms with Crippen molar-refractivity contribution in [2.45, 2.75) is 38.5 Å². The average Bonchev–Trinajstić information content (AvgIpc) is 3.60. The first-order chi connectivity index (χ1) is 15.3. The van der Waals surface area contributed by atoms with E-state index in [1.807, 2.05) is 24.3 Å². The lowest BCUT2D eigenvalue weighted by atomic mass is 10.1. The summed E-state index contributed by atoms with van der Waals surface area (Å²) in [6, 6.07) is 14.7. The third-order valence-electron chi connectivity index (χ3n) is 5.39. The van der Waals surface area contributed by atoms with Gasteiger partial charge < -0.3 is 14.9 Å². The maximum atomic E-state index is 12.5. The first-order valence-corrected chi connectivity index (χ1v) is 10.3. The second-order valence-corrected chi connectivity index (χ2v) is 7.83. The van der Waals surface area contributed by atoms with Crippen LogP contribution in [0.25, 0.3) is 22.2 Å². The lowest BCUT2D eigenvalue weighted by Crippen LogP contribution is -2.43. The molecule has 1 aliphatic rings. The Labute approximate surface area is 184 Å². The summed E-state index contributed by atoms with van der Waals surface area (Å²) in [7, 11) is 0. The summed E-state index contributed by atoms with van der Waals surface area (Å²) in [6.45, 7) is 1.56. The van der Waals surface area contributed by atoms with Gasteiger partial charge >= 0.3 is 18.0 Å². The molecule has 2 aromatic carbocycles. The highest BCUT2D eigenvalue weighted by Crippen LogP contribution is 2.26. The van der Waals surface area contributed by atoms with E-state index < -0.39 is 24.1 Å². The number of hydrogen-bond acceptors (Lipinski definition) is 5. The fraction of sp³-hybridized carbons (Fsp3) is 0.250. The molecule has 8 nitrogen and oxygen atoms in total. The Morgan fingerprint density at radius 3 is 2.41 bits per heavy atom. The zero-order valence-corrected chi connectivity index (χ0v) is 17.4. The van der Waals surface area contributed by atoms with Crippen molar-refractivity contribution < 1.29 is 29.3 Å². The summed E-state index contributed by atoms with van der Waals surface area (Å²) < 4.78 is 5.32. The molecule has 164 valence electrons. The number of carbonyl (C=O) groups excluding carboxylic acids is 1. The number of carboxylic acids is 2. The molecule has 4 rings (SSSR count). The van der Waals surface area contributed by atoms with Crippen molar-refractivity contribution in [2.75, 3.05) is 0 Å². The van der Waals surface area contributed by atoms with E-state index in [4.69, 9.17) is 9.84 Å². The molecular weight excluding hydrogens is 412 g/mol. The van der Waals surface area contributed by atoms with E-state index in [0.717, 1.165) is 34.9 Å². The molecular formula is C24H22N2O6. The molecule has 1 atom stereocenters. The van der Waals surface area contributed by atoms with E-state index in [0.29, 0.717) is 5.69 Å². The van der Waals surface area contributed by atoms with Crippen molar-refractivity contribution in [2.24, 2.45) is 0 Å². The predicted octanol–water partition coefficient (Wildman–Crippen LogP) is 4.17. The zero-order valence-electron chi connectivity index (χ0n) is 17.4. The Morgan fingerprint density at radius 1 is 1.06 bits per heavy atom. The van der Waals surface area contributed by atoms with Crippen LogP contribution in [0.3, 0.4) is 0 Å². The highest BCUT2D eigenvalue weighted by molar-refractivity contribution is 5.88. The van der Waals surface area contributed by atoms with Crippen LogP contribution >= 0.6 is 0 Å². The molecule has 0 radical (unpaired) electrons. The molecule has 0 spiro atoms. The molecule has 1 unspecified atom stereocenters. The van der Waals surface area contributed by atoms with Crippen molar-refractivity contribution >= 4 is 28.9 Å². The summed E-state index contributed by atoms with van der Waals surface area (Å²) in [4.78, 5) is 40.8. The first-order valence-electron chi connectivity index (χ1n) is 10.3. The number of aliphatic carboxylic acids is 1. The number of benzene rings is 2. The fourth-order valence-corrected chi connectivity index (χ4v) is 3.30. The number of fused-ring (bicyclic) bond motifs is 1. The van der Waals surface area contributed by atoms with Gasteiger partial charge in [0.15, 0.2) is 0 Å². The van der Waals surface area contributed by atoms with Gasteiger partial charge in [0.05, 0.1) is 16.8 Å². The van der Waals surface area contributed by atoms with Gasteiger partial charge in [-0.3, -0.25) is 4.90 Å². The molecule has 2 N–H and O–H groups in total. The van der Waals surface area contributed by atoms with Gasteiger partial charge in [0, 0.05) is 17.5 Å². The van der Waals surface area contributed by atoms with Crippen LogP contribution in [0.1, 0.15) is 35.7 Å². The molecule has 0 aliphatic heterocycles. The van der Waals surface area contributed by atoms with Crippen LogP contribution in [0, 0.1) is 0 Å². The minimum atomic E-state index is -1.10. The number of ether oxygens (including phenoxy) is 1. The van der Waals surface area contributed by atoms with E-state index in [1.165, 1.54) is 24.0 Å². The van der Waals surface area contributed by atoms with Crippen LogP contribution in [0.4, 0.5) is 4.79 Å². The number of amides is 1. The van der Waals surface area contributed by atoms with Crippen LogP contribution in [0.2, 0.25) is 0 Å². The standard InChI is InChI=1S/C24H22N2O6/c1-14(22(27)28)26(24(31)32-19-8-9-19)13-15-2-10-21-18(12-15)7-11-20(25-21)16-3-5-17(6-4-16)23(29)30/h2-7,10-12,14,19H,8-9,13H2,1H3,(H,27,28)(H,29,30). The highest BCUT2D eigenvalue weighted by Gasteiger charge is 2.32. The average molecular weight is 434 g/mol. The number of rotatable bonds is 7. The SMILES string of the molecule is CC(C(=O)O)N(Cc1ccc2nc(-c3ccc(C(=O)O)cc3)ccc2c1)C(=O)OC1CC1. The summed E-state index contributed by atoms with van der Waals surface area (Å²) in [5.41, 5.74) is 3.20. The number of aromatic nitrogens is 1. The highest BCUT2D eigenvalue weighted by atomic mass is 16.6. The molecule has 1 heterocycles. The van der Waals surface area contributed by atoms with Crippen LogP contribution < -0.4 is 0 Å². The number of pyridine rings is 1. The van der Waals surface area contributed by atoms with Gasteiger partial charge in [-0.15, -0.1) is 0 Å². The Bertz CT molecular complexity index is 1190. The van der Waals surface area contributed by atoms with Gasteiger partial charge in [0.1, 0.15) is 12.1 Å². The van der Waals surface area contributed by atoms with Crippen LogP contribution in [0.5, 0.6) is 0 Å². The molecule has 8 heteroatoms. The largest absolute Gasteiger partial charge is 0.480 e. The second-order valence-electron chi connectivity index (χ2n) is 7.83. The van der Waals surface area contributed by atoms with Crippen LogP contribution in [0.15, 0.2) is 54.6 Å². The maximum Gasteiger partial charge on any atom is 0.411 e. The number of carbonyl (C=O) groups is 3. The Kier molecular flexibility index (Phi) is 5.77. The third-order valence-corrected chi connectivity index (χ3v) is 5.39. The van der Waals surface area contributed by atoms with Crippen molar-refractivity contribution in [3.8, 4) is 11.3 Å². The topological polar surface area (TPSA) is 117 Å². The molecule has 32 heavy (non-hydrogen) atoms. The molecule has 1 aliphatic carbocycles. The van der Waals surface area contributed by atoms with Crippen molar-refractivity contribution in [1.29, 1.82) is 0 Å². The summed E-state index contributed by atoms with van der Waals surface area (Å²) >= 11 is 0. The van der Waals surface area contributed by atoms with Gasteiger partial charge in [-0.1, -0.05) is 24.3 Å². The monoisotopic (exact) mass is 434 g/mol. The summed E-state index contributed by atoms with van der Waals surface area (Å²) in [5, 5.41) is 19.3. The van der Waals surface area contributed by atoms with E-state index in [-0.39, 0.29) is 18.2 Å². The predicted molar refractivity (Wildman–Crippen MR) is 116 cm³/mol. The lowest BCUT2D eigenvalue weighted by Gasteiger charge is -2.26.